The fourth-order valence-electron chi connectivity index (χ4n) is 4.00. The number of rotatable bonds is 2. The first-order valence-corrected chi connectivity index (χ1v) is 8.05. The molecule has 2 aliphatic rings. The van der Waals surface area contributed by atoms with E-state index in [9.17, 15) is 5.26 Å². The average Bonchev–Trinajstić information content (AvgIpc) is 2.56. The Hall–Kier alpha value is -1.33. The molecule has 0 bridgehead atoms. The van der Waals surface area contributed by atoms with Crippen LogP contribution >= 0.6 is 0 Å². The van der Waals surface area contributed by atoms with Crippen LogP contribution < -0.4 is 0 Å². The second kappa shape index (κ2) is 5.97. The van der Waals surface area contributed by atoms with Crippen molar-refractivity contribution < 1.29 is 0 Å². The number of benzene rings is 1. The van der Waals surface area contributed by atoms with E-state index in [1.807, 2.05) is 0 Å². The van der Waals surface area contributed by atoms with E-state index in [-0.39, 0.29) is 5.54 Å². The van der Waals surface area contributed by atoms with Crippen molar-refractivity contribution in [1.82, 2.24) is 4.90 Å². The molecule has 1 saturated carbocycles. The number of nitriles is 1. The van der Waals surface area contributed by atoms with Gasteiger partial charge in [0.2, 0.25) is 0 Å². The number of piperidine rings is 1. The van der Waals surface area contributed by atoms with Crippen molar-refractivity contribution in [3.8, 4) is 6.07 Å². The van der Waals surface area contributed by atoms with Crippen LogP contribution in [0.25, 0.3) is 0 Å². The first-order chi connectivity index (χ1) is 9.84. The monoisotopic (exact) mass is 268 g/mol. The van der Waals surface area contributed by atoms with Gasteiger partial charge in [0.1, 0.15) is 5.54 Å². The molecule has 1 aliphatic carbocycles. The summed E-state index contributed by atoms with van der Waals surface area (Å²) in [4.78, 5) is 2.49. The molecule has 0 N–H and O–H groups in total. The Morgan fingerprint density at radius 2 is 1.65 bits per heavy atom. The minimum Gasteiger partial charge on any atom is -0.285 e. The normalized spacial score (nSPS) is 24.1. The highest BCUT2D eigenvalue weighted by Crippen LogP contribution is 2.37. The van der Waals surface area contributed by atoms with Crippen molar-refractivity contribution in [3.63, 3.8) is 0 Å². The smallest absolute Gasteiger partial charge is 0.109 e. The minimum atomic E-state index is -0.139. The van der Waals surface area contributed by atoms with Crippen LogP contribution in [0, 0.1) is 11.3 Å². The van der Waals surface area contributed by atoms with E-state index < -0.39 is 0 Å². The number of hydrogen-bond acceptors (Lipinski definition) is 2. The maximum Gasteiger partial charge on any atom is 0.109 e. The third kappa shape index (κ3) is 2.60. The molecule has 106 valence electrons. The third-order valence-corrected chi connectivity index (χ3v) is 5.26. The highest BCUT2D eigenvalue weighted by atomic mass is 15.2. The molecule has 0 radical (unpaired) electrons. The summed E-state index contributed by atoms with van der Waals surface area (Å²) < 4.78 is 0. The minimum absolute atomic E-state index is 0.139. The molecule has 1 aliphatic heterocycles. The van der Waals surface area contributed by atoms with E-state index in [4.69, 9.17) is 0 Å². The second-order valence-corrected chi connectivity index (χ2v) is 6.38. The summed E-state index contributed by atoms with van der Waals surface area (Å²) in [6, 6.07) is 13.5. The van der Waals surface area contributed by atoms with Crippen LogP contribution in [0.4, 0.5) is 0 Å². The number of hydrogen-bond donors (Lipinski definition) is 0. The van der Waals surface area contributed by atoms with Crippen molar-refractivity contribution in [2.24, 2.45) is 0 Å². The van der Waals surface area contributed by atoms with Crippen LogP contribution in [0.1, 0.15) is 56.4 Å². The van der Waals surface area contributed by atoms with Crippen LogP contribution in [0.3, 0.4) is 0 Å². The average molecular weight is 268 g/mol. The molecule has 1 saturated heterocycles. The van der Waals surface area contributed by atoms with Crippen molar-refractivity contribution in [1.29, 1.82) is 5.26 Å². The van der Waals surface area contributed by atoms with E-state index in [1.165, 1.54) is 37.7 Å². The van der Waals surface area contributed by atoms with Gasteiger partial charge in [-0.05, 0) is 37.2 Å². The van der Waals surface area contributed by atoms with E-state index in [2.05, 4.69) is 41.3 Å². The largest absolute Gasteiger partial charge is 0.285 e. The maximum atomic E-state index is 9.69. The molecular formula is C18H24N2. The van der Waals surface area contributed by atoms with Crippen LogP contribution in [0.15, 0.2) is 30.3 Å². The molecule has 0 aromatic heterocycles. The molecule has 1 heterocycles. The third-order valence-electron chi connectivity index (χ3n) is 5.26. The Kier molecular flexibility index (Phi) is 4.08. The van der Waals surface area contributed by atoms with Crippen LogP contribution in [-0.2, 0) is 0 Å². The molecule has 1 aromatic rings. The Morgan fingerprint density at radius 1 is 1.00 bits per heavy atom. The molecule has 0 spiro atoms. The molecule has 2 nitrogen and oxygen atoms in total. The zero-order valence-electron chi connectivity index (χ0n) is 12.2. The summed E-state index contributed by atoms with van der Waals surface area (Å²) in [7, 11) is 0. The summed E-state index contributed by atoms with van der Waals surface area (Å²) in [5.74, 6) is 0.687. The fraction of sp³-hybridized carbons (Fsp3) is 0.611. The number of likely N-dealkylation sites (tertiary alicyclic amines) is 1. The van der Waals surface area contributed by atoms with E-state index in [0.29, 0.717) is 5.92 Å². The van der Waals surface area contributed by atoms with Gasteiger partial charge in [0.05, 0.1) is 6.07 Å². The lowest BCUT2D eigenvalue weighted by Crippen LogP contribution is -2.52. The first-order valence-electron chi connectivity index (χ1n) is 8.05. The van der Waals surface area contributed by atoms with Gasteiger partial charge < -0.3 is 0 Å². The summed E-state index contributed by atoms with van der Waals surface area (Å²) in [5, 5.41) is 9.69. The molecule has 0 unspecified atom stereocenters. The molecule has 20 heavy (non-hydrogen) atoms. The van der Waals surface area contributed by atoms with Crippen LogP contribution in [-0.4, -0.2) is 23.5 Å². The zero-order valence-corrected chi connectivity index (χ0v) is 12.2. The highest BCUT2D eigenvalue weighted by Gasteiger charge is 2.39. The van der Waals surface area contributed by atoms with Gasteiger partial charge in [-0.25, -0.2) is 0 Å². The molecule has 2 fully saturated rings. The lowest BCUT2D eigenvalue weighted by atomic mass is 9.79. The predicted molar refractivity (Wildman–Crippen MR) is 81.4 cm³/mol. The molecule has 3 rings (SSSR count). The van der Waals surface area contributed by atoms with Crippen molar-refractivity contribution in [2.45, 2.75) is 56.4 Å². The standard InChI is InChI=1S/C18H24N2/c19-15-18(11-5-2-6-12-18)20-13-9-17(10-14-20)16-7-3-1-4-8-16/h1,3-4,7-8,17H,2,5-6,9-14H2. The number of nitrogens with zero attached hydrogens (tertiary/aromatic N) is 2. The van der Waals surface area contributed by atoms with E-state index in [0.717, 1.165) is 25.9 Å². The van der Waals surface area contributed by atoms with Gasteiger partial charge in [-0.1, -0.05) is 49.6 Å². The second-order valence-electron chi connectivity index (χ2n) is 6.38. The maximum absolute atomic E-state index is 9.69. The van der Waals surface area contributed by atoms with Crippen molar-refractivity contribution in [2.75, 3.05) is 13.1 Å². The van der Waals surface area contributed by atoms with Gasteiger partial charge in [-0.2, -0.15) is 5.26 Å². The van der Waals surface area contributed by atoms with Crippen molar-refractivity contribution in [3.05, 3.63) is 35.9 Å². The quantitative estimate of drug-likeness (QED) is 0.807. The van der Waals surface area contributed by atoms with Crippen LogP contribution in [0.2, 0.25) is 0 Å². The van der Waals surface area contributed by atoms with E-state index in [1.54, 1.807) is 0 Å². The molecule has 2 heteroatoms. The lowest BCUT2D eigenvalue weighted by Gasteiger charge is -2.45. The van der Waals surface area contributed by atoms with Crippen molar-refractivity contribution >= 4 is 0 Å². The predicted octanol–water partition coefficient (Wildman–Crippen LogP) is 4.09. The van der Waals surface area contributed by atoms with Gasteiger partial charge >= 0.3 is 0 Å². The fourth-order valence-corrected chi connectivity index (χ4v) is 4.00. The van der Waals surface area contributed by atoms with Gasteiger partial charge in [0.25, 0.3) is 0 Å². The van der Waals surface area contributed by atoms with Crippen LogP contribution in [0.5, 0.6) is 0 Å². The van der Waals surface area contributed by atoms with Gasteiger partial charge in [-0.3, -0.25) is 4.90 Å². The van der Waals surface area contributed by atoms with E-state index >= 15 is 0 Å². The molecule has 0 atom stereocenters. The summed E-state index contributed by atoms with van der Waals surface area (Å²) in [6.07, 6.45) is 8.34. The Balaban J connectivity index is 1.65. The Bertz CT molecular complexity index is 460. The van der Waals surface area contributed by atoms with Gasteiger partial charge in [0, 0.05) is 13.1 Å². The van der Waals surface area contributed by atoms with Gasteiger partial charge in [0.15, 0.2) is 0 Å². The lowest BCUT2D eigenvalue weighted by molar-refractivity contribution is 0.0713. The topological polar surface area (TPSA) is 27.0 Å². The Labute approximate surface area is 122 Å². The highest BCUT2D eigenvalue weighted by molar-refractivity contribution is 5.21. The zero-order chi connectivity index (χ0) is 13.8. The molecular weight excluding hydrogens is 244 g/mol. The first kappa shape index (κ1) is 13.6. The summed E-state index contributed by atoms with van der Waals surface area (Å²) in [6.45, 7) is 2.18. The molecule has 0 amide bonds. The molecule has 1 aromatic carbocycles. The SMILES string of the molecule is N#CC1(N2CCC(c3ccccc3)CC2)CCCCC1. The summed E-state index contributed by atoms with van der Waals surface area (Å²) >= 11 is 0. The Morgan fingerprint density at radius 3 is 2.25 bits per heavy atom. The van der Waals surface area contributed by atoms with Gasteiger partial charge in [-0.15, -0.1) is 0 Å². The summed E-state index contributed by atoms with van der Waals surface area (Å²) in [5.41, 5.74) is 1.33.